The van der Waals surface area contributed by atoms with E-state index >= 15 is 0 Å². The minimum absolute atomic E-state index is 0.353. The predicted octanol–water partition coefficient (Wildman–Crippen LogP) is 3.63. The molecule has 0 radical (unpaired) electrons. The fraction of sp³-hybridized carbons (Fsp3) is 0.733. The first-order valence-electron chi connectivity index (χ1n) is 7.38. The Morgan fingerprint density at radius 2 is 2.16 bits per heavy atom. The quantitative estimate of drug-likeness (QED) is 0.778. The number of aromatic nitrogens is 1. The Balaban J connectivity index is 1.90. The minimum atomic E-state index is -0.353. The van der Waals surface area contributed by atoms with Crippen LogP contribution in [0.15, 0.2) is 4.42 Å². The minimum Gasteiger partial charge on any atom is -0.460 e. The number of rotatable bonds is 4. The monoisotopic (exact) mass is 263 g/mol. The van der Waals surface area contributed by atoms with Crippen LogP contribution in [0.2, 0.25) is 0 Å². The molecule has 104 valence electrons. The lowest BCUT2D eigenvalue weighted by atomic mass is 9.98. The van der Waals surface area contributed by atoms with Crippen LogP contribution in [0.3, 0.4) is 0 Å². The van der Waals surface area contributed by atoms with Crippen LogP contribution in [-0.2, 0) is 4.74 Å². The van der Waals surface area contributed by atoms with Gasteiger partial charge in [-0.25, -0.2) is 9.78 Å². The SMILES string of the molecule is CCOC(=O)c1oc(C2CCCC2C)nc1C1CC1. The fourth-order valence-corrected chi connectivity index (χ4v) is 3.00. The van der Waals surface area contributed by atoms with Crippen LogP contribution in [0.5, 0.6) is 0 Å². The summed E-state index contributed by atoms with van der Waals surface area (Å²) >= 11 is 0. The van der Waals surface area contributed by atoms with Gasteiger partial charge in [-0.1, -0.05) is 13.3 Å². The maximum Gasteiger partial charge on any atom is 0.376 e. The molecule has 4 nitrogen and oxygen atoms in total. The number of ether oxygens (including phenoxy) is 1. The lowest BCUT2D eigenvalue weighted by Gasteiger charge is -2.09. The molecule has 1 heterocycles. The van der Waals surface area contributed by atoms with Crippen LogP contribution in [-0.4, -0.2) is 17.6 Å². The molecule has 2 saturated carbocycles. The Bertz CT molecular complexity index is 476. The molecule has 0 amide bonds. The Morgan fingerprint density at radius 3 is 2.74 bits per heavy atom. The number of oxazole rings is 1. The molecule has 2 unspecified atom stereocenters. The van der Waals surface area contributed by atoms with Gasteiger partial charge in [0.1, 0.15) is 0 Å². The van der Waals surface area contributed by atoms with E-state index in [0.717, 1.165) is 30.8 Å². The molecule has 19 heavy (non-hydrogen) atoms. The van der Waals surface area contributed by atoms with Crippen molar-refractivity contribution < 1.29 is 13.9 Å². The number of nitrogens with zero attached hydrogens (tertiary/aromatic N) is 1. The average molecular weight is 263 g/mol. The largest absolute Gasteiger partial charge is 0.460 e. The summed E-state index contributed by atoms with van der Waals surface area (Å²) in [5.74, 6) is 2.15. The molecular formula is C15H21NO3. The highest BCUT2D eigenvalue weighted by atomic mass is 16.5. The number of carbonyl (C=O) groups excluding carboxylic acids is 1. The topological polar surface area (TPSA) is 52.3 Å². The third-order valence-electron chi connectivity index (χ3n) is 4.27. The van der Waals surface area contributed by atoms with E-state index in [0.29, 0.717) is 30.1 Å². The molecule has 4 heteroatoms. The lowest BCUT2D eigenvalue weighted by molar-refractivity contribution is 0.0485. The second-order valence-corrected chi connectivity index (χ2v) is 5.78. The van der Waals surface area contributed by atoms with Crippen LogP contribution in [0.1, 0.15) is 79.9 Å². The molecule has 0 bridgehead atoms. The maximum atomic E-state index is 12.0. The van der Waals surface area contributed by atoms with Gasteiger partial charge < -0.3 is 9.15 Å². The summed E-state index contributed by atoms with van der Waals surface area (Å²) < 4.78 is 10.9. The van der Waals surface area contributed by atoms with Crippen molar-refractivity contribution >= 4 is 5.97 Å². The fourth-order valence-electron chi connectivity index (χ4n) is 3.00. The molecule has 0 aromatic carbocycles. The third-order valence-corrected chi connectivity index (χ3v) is 4.27. The summed E-state index contributed by atoms with van der Waals surface area (Å²) in [5, 5.41) is 0. The van der Waals surface area contributed by atoms with Gasteiger partial charge in [0.05, 0.1) is 12.3 Å². The van der Waals surface area contributed by atoms with Crippen LogP contribution < -0.4 is 0 Å². The summed E-state index contributed by atoms with van der Waals surface area (Å²) in [6, 6.07) is 0. The molecule has 0 spiro atoms. The summed E-state index contributed by atoms with van der Waals surface area (Å²) in [6.07, 6.45) is 5.79. The van der Waals surface area contributed by atoms with Crippen molar-refractivity contribution in [3.05, 3.63) is 17.3 Å². The van der Waals surface area contributed by atoms with Crippen LogP contribution in [0, 0.1) is 5.92 Å². The molecule has 0 saturated heterocycles. The van der Waals surface area contributed by atoms with Crippen molar-refractivity contribution in [2.75, 3.05) is 6.61 Å². The molecule has 2 atom stereocenters. The van der Waals surface area contributed by atoms with E-state index in [9.17, 15) is 4.79 Å². The second-order valence-electron chi connectivity index (χ2n) is 5.78. The van der Waals surface area contributed by atoms with Gasteiger partial charge in [-0.05, 0) is 38.5 Å². The van der Waals surface area contributed by atoms with Crippen molar-refractivity contribution in [1.82, 2.24) is 4.98 Å². The van der Waals surface area contributed by atoms with Gasteiger partial charge in [-0.2, -0.15) is 0 Å². The molecule has 1 aromatic heterocycles. The summed E-state index contributed by atoms with van der Waals surface area (Å²) in [4.78, 5) is 16.6. The number of hydrogen-bond acceptors (Lipinski definition) is 4. The Labute approximate surface area is 113 Å². The van der Waals surface area contributed by atoms with E-state index in [1.165, 1.54) is 12.8 Å². The van der Waals surface area contributed by atoms with Gasteiger partial charge in [0, 0.05) is 11.8 Å². The zero-order valence-electron chi connectivity index (χ0n) is 11.6. The normalized spacial score (nSPS) is 26.6. The van der Waals surface area contributed by atoms with Crippen molar-refractivity contribution in [2.24, 2.45) is 5.92 Å². The number of carbonyl (C=O) groups is 1. The maximum absolute atomic E-state index is 12.0. The summed E-state index contributed by atoms with van der Waals surface area (Å²) in [5.41, 5.74) is 0.840. The number of hydrogen-bond donors (Lipinski definition) is 0. The lowest BCUT2D eigenvalue weighted by Crippen LogP contribution is -2.06. The van der Waals surface area contributed by atoms with Gasteiger partial charge in [-0.3, -0.25) is 0 Å². The Hall–Kier alpha value is -1.32. The first kappa shape index (κ1) is 12.7. The molecule has 2 fully saturated rings. The molecule has 1 aromatic rings. The van der Waals surface area contributed by atoms with Crippen LogP contribution in [0.25, 0.3) is 0 Å². The van der Waals surface area contributed by atoms with Gasteiger partial charge in [0.15, 0.2) is 5.89 Å². The summed E-state index contributed by atoms with van der Waals surface area (Å²) in [6.45, 7) is 4.42. The smallest absolute Gasteiger partial charge is 0.376 e. The van der Waals surface area contributed by atoms with Crippen LogP contribution >= 0.6 is 0 Å². The molecule has 0 N–H and O–H groups in total. The van der Waals surface area contributed by atoms with Gasteiger partial charge in [-0.15, -0.1) is 0 Å². The zero-order valence-corrected chi connectivity index (χ0v) is 11.6. The molecule has 3 rings (SSSR count). The standard InChI is InChI=1S/C15H21NO3/c1-3-18-15(17)13-12(10-7-8-10)16-14(19-13)11-6-4-5-9(11)2/h9-11H,3-8H2,1-2H3. The van der Waals surface area contributed by atoms with Crippen LogP contribution in [0.4, 0.5) is 0 Å². The molecule has 0 aliphatic heterocycles. The second kappa shape index (κ2) is 4.99. The first-order valence-corrected chi connectivity index (χ1v) is 7.38. The van der Waals surface area contributed by atoms with Crippen molar-refractivity contribution in [3.63, 3.8) is 0 Å². The van der Waals surface area contributed by atoms with E-state index < -0.39 is 0 Å². The van der Waals surface area contributed by atoms with Gasteiger partial charge in [0.2, 0.25) is 5.76 Å². The summed E-state index contributed by atoms with van der Waals surface area (Å²) in [7, 11) is 0. The Kier molecular flexibility index (Phi) is 3.33. The highest BCUT2D eigenvalue weighted by molar-refractivity contribution is 5.87. The molecule has 2 aliphatic carbocycles. The van der Waals surface area contributed by atoms with E-state index in [1.54, 1.807) is 0 Å². The number of esters is 1. The third kappa shape index (κ3) is 2.40. The first-order chi connectivity index (χ1) is 9.20. The van der Waals surface area contributed by atoms with Crippen molar-refractivity contribution in [1.29, 1.82) is 0 Å². The zero-order chi connectivity index (χ0) is 13.4. The van der Waals surface area contributed by atoms with Crippen molar-refractivity contribution in [2.45, 2.75) is 57.8 Å². The van der Waals surface area contributed by atoms with Crippen molar-refractivity contribution in [3.8, 4) is 0 Å². The van der Waals surface area contributed by atoms with Gasteiger partial charge >= 0.3 is 5.97 Å². The Morgan fingerprint density at radius 1 is 1.37 bits per heavy atom. The highest BCUT2D eigenvalue weighted by Gasteiger charge is 2.37. The molecule has 2 aliphatic rings. The van der Waals surface area contributed by atoms with E-state index in [2.05, 4.69) is 11.9 Å². The molecular weight excluding hydrogens is 242 g/mol. The van der Waals surface area contributed by atoms with E-state index in [-0.39, 0.29) is 5.97 Å². The van der Waals surface area contributed by atoms with E-state index in [1.807, 2.05) is 6.92 Å². The van der Waals surface area contributed by atoms with E-state index in [4.69, 9.17) is 9.15 Å². The average Bonchev–Trinajstić information content (AvgIpc) is 2.99. The highest BCUT2D eigenvalue weighted by Crippen LogP contribution is 2.45. The predicted molar refractivity (Wildman–Crippen MR) is 70.2 cm³/mol. The van der Waals surface area contributed by atoms with Gasteiger partial charge in [0.25, 0.3) is 0 Å².